The zero-order chi connectivity index (χ0) is 18.2. The van der Waals surface area contributed by atoms with E-state index in [9.17, 15) is 5.11 Å². The van der Waals surface area contributed by atoms with E-state index < -0.39 is 5.60 Å². The lowest BCUT2D eigenvalue weighted by Crippen LogP contribution is -2.53. The maximum Gasteiger partial charge on any atom is 0.137 e. The van der Waals surface area contributed by atoms with E-state index in [4.69, 9.17) is 23.2 Å². The summed E-state index contributed by atoms with van der Waals surface area (Å²) in [6, 6.07) is 5.51. The fourth-order valence-corrected chi connectivity index (χ4v) is 5.37. The molecule has 4 rings (SSSR count). The molecule has 2 aliphatic carbocycles. The molecule has 0 bridgehead atoms. The molecule has 1 N–H and O–H groups in total. The van der Waals surface area contributed by atoms with E-state index in [1.807, 2.05) is 12.1 Å². The predicted molar refractivity (Wildman–Crippen MR) is 104 cm³/mol. The van der Waals surface area contributed by atoms with E-state index in [-0.39, 0.29) is 5.41 Å². The number of rotatable bonds is 3. The number of hydrogen-bond donors (Lipinski definition) is 1. The van der Waals surface area contributed by atoms with Crippen molar-refractivity contribution in [2.24, 2.45) is 5.41 Å². The molecule has 1 heterocycles. The van der Waals surface area contributed by atoms with Crippen LogP contribution in [0.2, 0.25) is 10.0 Å². The first-order valence-corrected chi connectivity index (χ1v) is 9.99. The van der Waals surface area contributed by atoms with Gasteiger partial charge in [0.1, 0.15) is 18.3 Å². The Balaban J connectivity index is 1.79. The van der Waals surface area contributed by atoms with Crippen molar-refractivity contribution in [2.75, 3.05) is 0 Å². The van der Waals surface area contributed by atoms with E-state index in [2.05, 4.69) is 16.2 Å². The standard InChI is InChI=1S/C20H23Cl2N3O/c21-17-6-5-15(18(22)11-17)10-16-4-3-9-19(7-1-2-8-19)20(16,26)12-25-14-23-13-24-25/h5-6,10-11,13-14,26H,1-4,7-9,12H2/b16-10+. The van der Waals surface area contributed by atoms with Gasteiger partial charge in [-0.15, -0.1) is 0 Å². The zero-order valence-corrected chi connectivity index (χ0v) is 16.2. The van der Waals surface area contributed by atoms with Gasteiger partial charge < -0.3 is 5.11 Å². The van der Waals surface area contributed by atoms with E-state index in [1.165, 1.54) is 19.2 Å². The Hall–Kier alpha value is -1.36. The monoisotopic (exact) mass is 391 g/mol. The second kappa shape index (κ2) is 6.99. The Morgan fingerprint density at radius 1 is 1.15 bits per heavy atom. The van der Waals surface area contributed by atoms with Crippen molar-refractivity contribution in [1.82, 2.24) is 14.8 Å². The molecule has 0 amide bonds. The molecule has 2 saturated carbocycles. The SMILES string of the molecule is OC1(Cn2cncn2)/C(=C/c2ccc(Cl)cc2Cl)CCCC12CCCC2. The topological polar surface area (TPSA) is 50.9 Å². The van der Waals surface area contributed by atoms with Gasteiger partial charge in [0.25, 0.3) is 0 Å². The molecule has 0 saturated heterocycles. The van der Waals surface area contributed by atoms with Crippen molar-refractivity contribution < 1.29 is 5.11 Å². The van der Waals surface area contributed by atoms with Crippen LogP contribution in [0.5, 0.6) is 0 Å². The van der Waals surface area contributed by atoms with Gasteiger partial charge >= 0.3 is 0 Å². The summed E-state index contributed by atoms with van der Waals surface area (Å²) in [6.45, 7) is 0.435. The predicted octanol–water partition coefficient (Wildman–Crippen LogP) is 5.14. The van der Waals surface area contributed by atoms with Gasteiger partial charge in [0.2, 0.25) is 0 Å². The van der Waals surface area contributed by atoms with Gasteiger partial charge in [0.15, 0.2) is 0 Å². The highest BCUT2D eigenvalue weighted by Crippen LogP contribution is 2.57. The Labute approximate surface area is 163 Å². The molecular weight excluding hydrogens is 369 g/mol. The normalized spacial score (nSPS) is 26.7. The first-order valence-electron chi connectivity index (χ1n) is 9.23. The molecule has 2 fully saturated rings. The van der Waals surface area contributed by atoms with Gasteiger partial charge in [-0.25, -0.2) is 9.67 Å². The molecule has 2 aliphatic rings. The summed E-state index contributed by atoms with van der Waals surface area (Å²) in [5, 5.41) is 17.5. The van der Waals surface area contributed by atoms with Gasteiger partial charge in [-0.3, -0.25) is 0 Å². The minimum atomic E-state index is -0.932. The molecular formula is C20H23Cl2N3O. The van der Waals surface area contributed by atoms with Crippen molar-refractivity contribution in [1.29, 1.82) is 0 Å². The molecule has 4 nitrogen and oxygen atoms in total. The molecule has 1 atom stereocenters. The van der Waals surface area contributed by atoms with E-state index in [0.717, 1.165) is 43.2 Å². The molecule has 6 heteroatoms. The third kappa shape index (κ3) is 3.08. The summed E-state index contributed by atoms with van der Waals surface area (Å²) in [6.07, 6.45) is 12.8. The molecule has 1 aromatic heterocycles. The Morgan fingerprint density at radius 3 is 2.62 bits per heavy atom. The summed E-state index contributed by atoms with van der Waals surface area (Å²) >= 11 is 12.4. The smallest absolute Gasteiger partial charge is 0.137 e. The highest BCUT2D eigenvalue weighted by molar-refractivity contribution is 6.35. The van der Waals surface area contributed by atoms with Crippen molar-refractivity contribution in [3.63, 3.8) is 0 Å². The Morgan fingerprint density at radius 2 is 1.92 bits per heavy atom. The van der Waals surface area contributed by atoms with Gasteiger partial charge in [-0.2, -0.15) is 5.10 Å². The average Bonchev–Trinajstić information content (AvgIpc) is 3.27. The number of hydrogen-bond acceptors (Lipinski definition) is 3. The lowest BCUT2D eigenvalue weighted by molar-refractivity contribution is -0.0859. The molecule has 0 radical (unpaired) electrons. The highest BCUT2D eigenvalue weighted by atomic mass is 35.5. The Bertz CT molecular complexity index is 812. The third-order valence-electron chi connectivity index (χ3n) is 6.22. The number of nitrogens with zero attached hydrogens (tertiary/aromatic N) is 3. The van der Waals surface area contributed by atoms with E-state index in [0.29, 0.717) is 16.6 Å². The molecule has 2 aromatic rings. The minimum absolute atomic E-state index is 0.0814. The maximum absolute atomic E-state index is 12.0. The summed E-state index contributed by atoms with van der Waals surface area (Å²) in [5.74, 6) is 0. The zero-order valence-electron chi connectivity index (χ0n) is 14.7. The second-order valence-electron chi connectivity index (χ2n) is 7.63. The molecule has 1 aromatic carbocycles. The number of aromatic nitrogens is 3. The lowest BCUT2D eigenvalue weighted by Gasteiger charge is -2.50. The van der Waals surface area contributed by atoms with Crippen molar-refractivity contribution in [2.45, 2.75) is 57.1 Å². The Kier molecular flexibility index (Phi) is 4.84. The van der Waals surface area contributed by atoms with Crippen LogP contribution in [0.4, 0.5) is 0 Å². The van der Waals surface area contributed by atoms with Crippen molar-refractivity contribution >= 4 is 29.3 Å². The van der Waals surface area contributed by atoms with Crippen LogP contribution < -0.4 is 0 Å². The third-order valence-corrected chi connectivity index (χ3v) is 6.78. The van der Waals surface area contributed by atoms with Crippen LogP contribution >= 0.6 is 23.2 Å². The van der Waals surface area contributed by atoms with Gasteiger partial charge in [0, 0.05) is 15.5 Å². The fourth-order valence-electron chi connectivity index (χ4n) is 4.90. The quantitative estimate of drug-likeness (QED) is 0.787. The highest BCUT2D eigenvalue weighted by Gasteiger charge is 2.55. The van der Waals surface area contributed by atoms with Crippen LogP contribution in [0.25, 0.3) is 6.08 Å². The summed E-state index contributed by atoms with van der Waals surface area (Å²) in [7, 11) is 0. The molecule has 138 valence electrons. The molecule has 1 unspecified atom stereocenters. The van der Waals surface area contributed by atoms with Gasteiger partial charge in [0.05, 0.1) is 6.54 Å². The van der Waals surface area contributed by atoms with Crippen LogP contribution in [0.1, 0.15) is 50.5 Å². The van der Waals surface area contributed by atoms with Crippen LogP contribution in [0.3, 0.4) is 0 Å². The minimum Gasteiger partial charge on any atom is -0.383 e. The molecule has 1 spiro atoms. The fraction of sp³-hybridized carbons (Fsp3) is 0.500. The van der Waals surface area contributed by atoms with Gasteiger partial charge in [-0.05, 0) is 55.4 Å². The maximum atomic E-state index is 12.0. The average molecular weight is 392 g/mol. The molecule has 0 aliphatic heterocycles. The van der Waals surface area contributed by atoms with Gasteiger partial charge in [-0.1, -0.05) is 48.2 Å². The summed E-state index contributed by atoms with van der Waals surface area (Å²) in [4.78, 5) is 4.05. The van der Waals surface area contributed by atoms with E-state index >= 15 is 0 Å². The first kappa shape index (κ1) is 18.0. The first-order chi connectivity index (χ1) is 12.5. The summed E-state index contributed by atoms with van der Waals surface area (Å²) < 4.78 is 1.75. The largest absolute Gasteiger partial charge is 0.383 e. The molecule has 26 heavy (non-hydrogen) atoms. The van der Waals surface area contributed by atoms with Crippen molar-refractivity contribution in [3.8, 4) is 0 Å². The number of halogens is 2. The van der Waals surface area contributed by atoms with Crippen LogP contribution in [-0.2, 0) is 6.54 Å². The van der Waals surface area contributed by atoms with Crippen LogP contribution in [-0.4, -0.2) is 25.5 Å². The second-order valence-corrected chi connectivity index (χ2v) is 8.47. The van der Waals surface area contributed by atoms with Crippen molar-refractivity contribution in [3.05, 3.63) is 52.0 Å². The number of benzene rings is 1. The summed E-state index contributed by atoms with van der Waals surface area (Å²) in [5.41, 5.74) is 0.934. The van der Waals surface area contributed by atoms with E-state index in [1.54, 1.807) is 17.1 Å². The number of aliphatic hydroxyl groups is 1. The van der Waals surface area contributed by atoms with Crippen LogP contribution in [0, 0.1) is 5.41 Å². The lowest BCUT2D eigenvalue weighted by atomic mass is 9.59. The van der Waals surface area contributed by atoms with Crippen LogP contribution in [0.15, 0.2) is 36.4 Å².